The number of thiazole rings is 1. The summed E-state index contributed by atoms with van der Waals surface area (Å²) in [5, 5.41) is 6.74. The van der Waals surface area contributed by atoms with E-state index >= 15 is 0 Å². The Morgan fingerprint density at radius 3 is 2.73 bits per heavy atom. The summed E-state index contributed by atoms with van der Waals surface area (Å²) in [6.45, 7) is 7.35. The van der Waals surface area contributed by atoms with Crippen LogP contribution < -0.4 is 4.80 Å². The van der Waals surface area contributed by atoms with E-state index in [9.17, 15) is 4.79 Å². The molecule has 2 aromatic carbocycles. The minimum absolute atomic E-state index is 0.245. The number of nitrogens with zero attached hydrogens (tertiary/aromatic N) is 4. The Morgan fingerprint density at radius 1 is 1.15 bits per heavy atom. The molecule has 132 valence electrons. The SMILES string of the molecule is CCn1nc(C)cc1C(=O)N=c1sc2c3ccccc3ccc2n1CC. The molecule has 4 rings (SSSR count). The summed E-state index contributed by atoms with van der Waals surface area (Å²) in [5.41, 5.74) is 2.48. The lowest BCUT2D eigenvalue weighted by molar-refractivity contribution is 0.0987. The standard InChI is InChI=1S/C20H20N4OS/c1-4-23-16-11-10-14-8-6-7-9-15(14)18(16)26-20(23)21-19(25)17-12-13(3)22-24(17)5-2/h6-12H,4-5H2,1-3H3. The second-order valence-electron chi connectivity index (χ2n) is 6.17. The van der Waals surface area contributed by atoms with Gasteiger partial charge in [0.15, 0.2) is 4.80 Å². The van der Waals surface area contributed by atoms with Gasteiger partial charge in [-0.2, -0.15) is 10.1 Å². The summed E-state index contributed by atoms with van der Waals surface area (Å²) in [4.78, 5) is 18.0. The highest BCUT2D eigenvalue weighted by Crippen LogP contribution is 2.27. The minimum Gasteiger partial charge on any atom is -0.317 e. The summed E-state index contributed by atoms with van der Waals surface area (Å²) in [5.74, 6) is -0.245. The van der Waals surface area contributed by atoms with Gasteiger partial charge in [-0.05, 0) is 38.3 Å². The number of hydrogen-bond donors (Lipinski definition) is 0. The maximum atomic E-state index is 12.8. The Labute approximate surface area is 155 Å². The molecule has 0 atom stereocenters. The van der Waals surface area contributed by atoms with Gasteiger partial charge in [0, 0.05) is 18.5 Å². The van der Waals surface area contributed by atoms with Gasteiger partial charge in [0.2, 0.25) is 0 Å². The number of benzene rings is 2. The maximum Gasteiger partial charge on any atom is 0.297 e. The lowest BCUT2D eigenvalue weighted by Crippen LogP contribution is -2.17. The Morgan fingerprint density at radius 2 is 1.96 bits per heavy atom. The summed E-state index contributed by atoms with van der Waals surface area (Å²) in [6.07, 6.45) is 0. The zero-order valence-electron chi connectivity index (χ0n) is 15.1. The van der Waals surface area contributed by atoms with E-state index in [1.54, 1.807) is 22.1 Å². The van der Waals surface area contributed by atoms with Crippen molar-refractivity contribution in [3.63, 3.8) is 0 Å². The molecule has 6 heteroatoms. The van der Waals surface area contributed by atoms with E-state index in [2.05, 4.69) is 45.8 Å². The summed E-state index contributed by atoms with van der Waals surface area (Å²) in [6, 6.07) is 14.3. The maximum absolute atomic E-state index is 12.8. The van der Waals surface area contributed by atoms with Gasteiger partial charge in [-0.3, -0.25) is 9.48 Å². The highest BCUT2D eigenvalue weighted by molar-refractivity contribution is 7.17. The molecule has 0 spiro atoms. The van der Waals surface area contributed by atoms with Crippen molar-refractivity contribution in [2.24, 2.45) is 4.99 Å². The molecule has 0 saturated carbocycles. The topological polar surface area (TPSA) is 52.2 Å². The van der Waals surface area contributed by atoms with Crippen LogP contribution in [0.25, 0.3) is 21.0 Å². The van der Waals surface area contributed by atoms with Gasteiger partial charge in [-0.1, -0.05) is 41.7 Å². The first-order valence-electron chi connectivity index (χ1n) is 8.77. The smallest absolute Gasteiger partial charge is 0.297 e. The van der Waals surface area contributed by atoms with Crippen molar-refractivity contribution in [2.45, 2.75) is 33.9 Å². The number of carbonyl (C=O) groups is 1. The average Bonchev–Trinajstić information content (AvgIpc) is 3.21. The van der Waals surface area contributed by atoms with Crippen LogP contribution in [0.5, 0.6) is 0 Å². The van der Waals surface area contributed by atoms with Gasteiger partial charge in [0.25, 0.3) is 5.91 Å². The van der Waals surface area contributed by atoms with Crippen molar-refractivity contribution in [3.05, 3.63) is 58.7 Å². The van der Waals surface area contributed by atoms with Crippen molar-refractivity contribution < 1.29 is 4.79 Å². The predicted molar refractivity (Wildman–Crippen MR) is 106 cm³/mol. The van der Waals surface area contributed by atoms with Crippen LogP contribution >= 0.6 is 11.3 Å². The minimum atomic E-state index is -0.245. The van der Waals surface area contributed by atoms with Gasteiger partial charge in [-0.15, -0.1) is 0 Å². The number of carbonyl (C=O) groups excluding carboxylic acids is 1. The van der Waals surface area contributed by atoms with E-state index in [1.807, 2.05) is 26.0 Å². The lowest BCUT2D eigenvalue weighted by atomic mass is 10.1. The Hall–Kier alpha value is -2.73. The van der Waals surface area contributed by atoms with Crippen LogP contribution in [-0.2, 0) is 13.1 Å². The van der Waals surface area contributed by atoms with Gasteiger partial charge in [0.05, 0.1) is 15.9 Å². The second kappa shape index (κ2) is 6.53. The number of amides is 1. The van der Waals surface area contributed by atoms with E-state index in [0.717, 1.165) is 27.3 Å². The zero-order chi connectivity index (χ0) is 18.3. The third kappa shape index (κ3) is 2.66. The van der Waals surface area contributed by atoms with E-state index < -0.39 is 0 Å². The van der Waals surface area contributed by atoms with Gasteiger partial charge in [-0.25, -0.2) is 0 Å². The highest BCUT2D eigenvalue weighted by Gasteiger charge is 2.14. The zero-order valence-corrected chi connectivity index (χ0v) is 15.9. The number of aromatic nitrogens is 3. The molecule has 1 amide bonds. The summed E-state index contributed by atoms with van der Waals surface area (Å²) < 4.78 is 4.97. The first kappa shape index (κ1) is 16.7. The summed E-state index contributed by atoms with van der Waals surface area (Å²) >= 11 is 1.57. The van der Waals surface area contributed by atoms with Gasteiger partial charge in [0.1, 0.15) is 5.69 Å². The summed E-state index contributed by atoms with van der Waals surface area (Å²) in [7, 11) is 0. The molecule has 0 aliphatic carbocycles. The third-order valence-corrected chi connectivity index (χ3v) is 5.64. The van der Waals surface area contributed by atoms with Crippen molar-refractivity contribution in [2.75, 3.05) is 0 Å². The fraction of sp³-hybridized carbons (Fsp3) is 0.250. The van der Waals surface area contributed by atoms with E-state index in [1.165, 1.54) is 10.8 Å². The van der Waals surface area contributed by atoms with Crippen LogP contribution in [0.3, 0.4) is 0 Å². The lowest BCUT2D eigenvalue weighted by Gasteiger charge is -2.02. The fourth-order valence-corrected chi connectivity index (χ4v) is 4.52. The molecular weight excluding hydrogens is 344 g/mol. The van der Waals surface area contributed by atoms with Crippen molar-refractivity contribution in [3.8, 4) is 0 Å². The van der Waals surface area contributed by atoms with Crippen LogP contribution in [0, 0.1) is 6.92 Å². The van der Waals surface area contributed by atoms with Crippen LogP contribution in [0.15, 0.2) is 47.5 Å². The Kier molecular flexibility index (Phi) is 4.20. The molecule has 5 nitrogen and oxygen atoms in total. The van der Waals surface area contributed by atoms with Crippen LogP contribution in [0.2, 0.25) is 0 Å². The van der Waals surface area contributed by atoms with Crippen LogP contribution in [-0.4, -0.2) is 20.3 Å². The Bertz CT molecular complexity index is 1200. The van der Waals surface area contributed by atoms with E-state index in [-0.39, 0.29) is 5.91 Å². The second-order valence-corrected chi connectivity index (χ2v) is 7.15. The number of rotatable bonds is 3. The molecule has 0 unspecified atom stereocenters. The number of hydrogen-bond acceptors (Lipinski definition) is 3. The van der Waals surface area contributed by atoms with E-state index in [4.69, 9.17) is 0 Å². The Balaban J connectivity index is 1.94. The molecule has 0 saturated heterocycles. The molecule has 0 aliphatic heterocycles. The molecular formula is C20H20N4OS. The van der Waals surface area contributed by atoms with Gasteiger partial charge >= 0.3 is 0 Å². The van der Waals surface area contributed by atoms with Crippen molar-refractivity contribution >= 4 is 38.2 Å². The van der Waals surface area contributed by atoms with Gasteiger partial charge < -0.3 is 4.57 Å². The fourth-order valence-electron chi connectivity index (χ4n) is 3.29. The number of aryl methyl sites for hydroxylation is 3. The molecule has 0 radical (unpaired) electrons. The largest absolute Gasteiger partial charge is 0.317 e. The normalized spacial score (nSPS) is 12.3. The third-order valence-electron chi connectivity index (χ3n) is 4.51. The molecule has 0 N–H and O–H groups in total. The predicted octanol–water partition coefficient (Wildman–Crippen LogP) is 4.14. The quantitative estimate of drug-likeness (QED) is 0.548. The molecule has 26 heavy (non-hydrogen) atoms. The first-order chi connectivity index (χ1) is 12.6. The molecule has 4 aromatic rings. The number of fused-ring (bicyclic) bond motifs is 3. The van der Waals surface area contributed by atoms with E-state index in [0.29, 0.717) is 12.2 Å². The average molecular weight is 364 g/mol. The molecule has 2 aromatic heterocycles. The molecule has 0 aliphatic rings. The van der Waals surface area contributed by atoms with Crippen molar-refractivity contribution in [1.82, 2.24) is 14.3 Å². The van der Waals surface area contributed by atoms with Crippen LogP contribution in [0.1, 0.15) is 30.0 Å². The molecule has 0 fully saturated rings. The first-order valence-corrected chi connectivity index (χ1v) is 9.58. The van der Waals surface area contributed by atoms with Crippen molar-refractivity contribution in [1.29, 1.82) is 0 Å². The highest BCUT2D eigenvalue weighted by atomic mass is 32.1. The van der Waals surface area contributed by atoms with Crippen LogP contribution in [0.4, 0.5) is 0 Å². The molecule has 2 heterocycles. The monoisotopic (exact) mass is 364 g/mol. The molecule has 0 bridgehead atoms.